The molecule has 1 heterocycles. The van der Waals surface area contributed by atoms with E-state index < -0.39 is 0 Å². The van der Waals surface area contributed by atoms with Gasteiger partial charge >= 0.3 is 0 Å². The van der Waals surface area contributed by atoms with E-state index >= 15 is 0 Å². The summed E-state index contributed by atoms with van der Waals surface area (Å²) in [5, 5.41) is 0. The lowest BCUT2D eigenvalue weighted by Gasteiger charge is -2.33. The van der Waals surface area contributed by atoms with Crippen molar-refractivity contribution in [3.63, 3.8) is 0 Å². The molecule has 0 aromatic rings. The van der Waals surface area contributed by atoms with Gasteiger partial charge in [0.25, 0.3) is 0 Å². The molecule has 0 radical (unpaired) electrons. The number of piperidine rings is 1. The van der Waals surface area contributed by atoms with Crippen LogP contribution in [0.4, 0.5) is 0 Å². The summed E-state index contributed by atoms with van der Waals surface area (Å²) in [6.07, 6.45) is 5.04. The van der Waals surface area contributed by atoms with Crippen molar-refractivity contribution in [1.29, 1.82) is 0 Å². The van der Waals surface area contributed by atoms with E-state index in [1.165, 1.54) is 12.8 Å². The first-order valence-corrected chi connectivity index (χ1v) is 5.25. The van der Waals surface area contributed by atoms with Crippen molar-refractivity contribution in [3.8, 4) is 0 Å². The number of hydrogen-bond acceptors (Lipinski definition) is 2. The Hall–Kier alpha value is -0.570. The van der Waals surface area contributed by atoms with Crippen LogP contribution in [0.2, 0.25) is 0 Å². The Morgan fingerprint density at radius 2 is 2.31 bits per heavy atom. The highest BCUT2D eigenvalue weighted by molar-refractivity contribution is 5.76. The lowest BCUT2D eigenvalue weighted by Crippen LogP contribution is -2.42. The molecule has 13 heavy (non-hydrogen) atoms. The summed E-state index contributed by atoms with van der Waals surface area (Å²) in [6, 6.07) is 0.444. The molecule has 3 heteroatoms. The van der Waals surface area contributed by atoms with Crippen LogP contribution < -0.4 is 5.73 Å². The minimum Gasteiger partial charge on any atom is -0.340 e. The molecule has 0 saturated carbocycles. The van der Waals surface area contributed by atoms with Crippen LogP contribution in [0.5, 0.6) is 0 Å². The van der Waals surface area contributed by atoms with Crippen LogP contribution in [-0.2, 0) is 4.79 Å². The third-order valence-electron chi connectivity index (χ3n) is 2.72. The predicted molar refractivity (Wildman–Crippen MR) is 53.3 cm³/mol. The molecule has 1 amide bonds. The lowest BCUT2D eigenvalue weighted by molar-refractivity contribution is -0.134. The van der Waals surface area contributed by atoms with E-state index in [9.17, 15) is 4.79 Å². The third-order valence-corrected chi connectivity index (χ3v) is 2.72. The largest absolute Gasteiger partial charge is 0.340 e. The molecule has 3 nitrogen and oxygen atoms in total. The molecule has 0 aromatic heterocycles. The molecular weight excluding hydrogens is 164 g/mol. The van der Waals surface area contributed by atoms with Gasteiger partial charge in [0, 0.05) is 19.0 Å². The summed E-state index contributed by atoms with van der Waals surface area (Å²) in [5.74, 6) is 0.289. The topological polar surface area (TPSA) is 46.3 Å². The van der Waals surface area contributed by atoms with Gasteiger partial charge in [-0.05, 0) is 39.2 Å². The van der Waals surface area contributed by atoms with E-state index in [4.69, 9.17) is 5.73 Å². The molecular formula is C10H20N2O. The Morgan fingerprint density at radius 1 is 1.54 bits per heavy atom. The summed E-state index contributed by atoms with van der Waals surface area (Å²) in [5.41, 5.74) is 5.37. The molecule has 0 spiro atoms. The molecule has 1 fully saturated rings. The molecule has 0 bridgehead atoms. The number of nitrogens with zero attached hydrogens (tertiary/aromatic N) is 1. The van der Waals surface area contributed by atoms with Gasteiger partial charge in [0.1, 0.15) is 0 Å². The number of rotatable bonds is 3. The van der Waals surface area contributed by atoms with Crippen molar-refractivity contribution >= 4 is 5.91 Å². The number of amides is 1. The third kappa shape index (κ3) is 2.99. The Kier molecular flexibility index (Phi) is 4.22. The average molecular weight is 184 g/mol. The van der Waals surface area contributed by atoms with Crippen molar-refractivity contribution < 1.29 is 4.79 Å². The zero-order valence-corrected chi connectivity index (χ0v) is 8.46. The van der Waals surface area contributed by atoms with Gasteiger partial charge in [-0.25, -0.2) is 0 Å². The van der Waals surface area contributed by atoms with Crippen molar-refractivity contribution in [1.82, 2.24) is 4.90 Å². The van der Waals surface area contributed by atoms with Gasteiger partial charge in [0.2, 0.25) is 5.91 Å². The number of carbonyl (C=O) groups is 1. The normalized spacial score (nSPS) is 23.2. The molecule has 1 saturated heterocycles. The summed E-state index contributed by atoms with van der Waals surface area (Å²) < 4.78 is 0. The molecule has 1 atom stereocenters. The highest BCUT2D eigenvalue weighted by Gasteiger charge is 2.21. The fourth-order valence-electron chi connectivity index (χ4n) is 1.87. The van der Waals surface area contributed by atoms with Crippen LogP contribution in [0.1, 0.15) is 39.0 Å². The minimum atomic E-state index is 0.289. The highest BCUT2D eigenvalue weighted by atomic mass is 16.2. The van der Waals surface area contributed by atoms with Crippen molar-refractivity contribution in [2.24, 2.45) is 5.73 Å². The maximum atomic E-state index is 11.6. The smallest absolute Gasteiger partial charge is 0.222 e. The Labute approximate surface area is 80.3 Å². The molecule has 0 aliphatic carbocycles. The van der Waals surface area contributed by atoms with Crippen LogP contribution in [-0.4, -0.2) is 29.9 Å². The van der Waals surface area contributed by atoms with E-state index in [1.807, 2.05) is 4.90 Å². The van der Waals surface area contributed by atoms with E-state index in [-0.39, 0.29) is 5.91 Å². The zero-order valence-electron chi connectivity index (χ0n) is 8.46. The molecule has 0 aromatic carbocycles. The van der Waals surface area contributed by atoms with E-state index in [1.54, 1.807) is 0 Å². The van der Waals surface area contributed by atoms with Crippen LogP contribution in [0.25, 0.3) is 0 Å². The fraction of sp³-hybridized carbons (Fsp3) is 0.900. The van der Waals surface area contributed by atoms with E-state index in [0.29, 0.717) is 19.0 Å². The van der Waals surface area contributed by atoms with Crippen molar-refractivity contribution in [2.75, 3.05) is 13.1 Å². The van der Waals surface area contributed by atoms with Crippen LogP contribution in [0.15, 0.2) is 0 Å². The first-order chi connectivity index (χ1) is 6.25. The first-order valence-electron chi connectivity index (χ1n) is 5.25. The predicted octanol–water partition coefficient (Wildman–Crippen LogP) is 1.13. The highest BCUT2D eigenvalue weighted by Crippen LogP contribution is 2.17. The standard InChI is InChI=1S/C10H20N2O/c1-9-5-2-3-8-12(9)10(13)6-4-7-11/h9H,2-8,11H2,1H3. The number of carbonyl (C=O) groups excluding carboxylic acids is 1. The number of nitrogens with two attached hydrogens (primary N) is 1. The number of hydrogen-bond donors (Lipinski definition) is 1. The van der Waals surface area contributed by atoms with Gasteiger partial charge in [-0.2, -0.15) is 0 Å². The molecule has 1 aliphatic heterocycles. The first kappa shape index (κ1) is 10.5. The fourth-order valence-corrected chi connectivity index (χ4v) is 1.87. The van der Waals surface area contributed by atoms with Gasteiger partial charge in [-0.15, -0.1) is 0 Å². The molecule has 76 valence electrons. The Morgan fingerprint density at radius 3 is 2.92 bits per heavy atom. The quantitative estimate of drug-likeness (QED) is 0.714. The van der Waals surface area contributed by atoms with Gasteiger partial charge in [-0.1, -0.05) is 0 Å². The zero-order chi connectivity index (χ0) is 9.68. The lowest BCUT2D eigenvalue weighted by atomic mass is 10.0. The molecule has 2 N–H and O–H groups in total. The van der Waals surface area contributed by atoms with Crippen molar-refractivity contribution in [3.05, 3.63) is 0 Å². The maximum Gasteiger partial charge on any atom is 0.222 e. The maximum absolute atomic E-state index is 11.6. The molecule has 1 rings (SSSR count). The van der Waals surface area contributed by atoms with Crippen LogP contribution in [0, 0.1) is 0 Å². The Bertz CT molecular complexity index is 170. The van der Waals surface area contributed by atoms with Gasteiger partial charge in [0.15, 0.2) is 0 Å². The second-order valence-electron chi connectivity index (χ2n) is 3.82. The summed E-state index contributed by atoms with van der Waals surface area (Å²) in [7, 11) is 0. The summed E-state index contributed by atoms with van der Waals surface area (Å²) in [6.45, 7) is 3.71. The summed E-state index contributed by atoms with van der Waals surface area (Å²) in [4.78, 5) is 13.7. The van der Waals surface area contributed by atoms with Crippen LogP contribution in [0.3, 0.4) is 0 Å². The monoisotopic (exact) mass is 184 g/mol. The Balaban J connectivity index is 2.35. The van der Waals surface area contributed by atoms with Gasteiger partial charge in [0.05, 0.1) is 0 Å². The minimum absolute atomic E-state index is 0.289. The summed E-state index contributed by atoms with van der Waals surface area (Å²) >= 11 is 0. The van der Waals surface area contributed by atoms with E-state index in [2.05, 4.69) is 6.92 Å². The SMILES string of the molecule is CC1CCCCN1C(=O)CCCN. The van der Waals surface area contributed by atoms with Gasteiger partial charge < -0.3 is 10.6 Å². The average Bonchev–Trinajstić information content (AvgIpc) is 2.15. The van der Waals surface area contributed by atoms with Crippen LogP contribution >= 0.6 is 0 Å². The van der Waals surface area contributed by atoms with E-state index in [0.717, 1.165) is 19.4 Å². The second-order valence-corrected chi connectivity index (χ2v) is 3.82. The van der Waals surface area contributed by atoms with Gasteiger partial charge in [-0.3, -0.25) is 4.79 Å². The van der Waals surface area contributed by atoms with Crippen molar-refractivity contribution in [2.45, 2.75) is 45.1 Å². The molecule has 1 unspecified atom stereocenters. The molecule has 1 aliphatic rings. The second kappa shape index (κ2) is 5.22. The number of likely N-dealkylation sites (tertiary alicyclic amines) is 1.